The van der Waals surface area contributed by atoms with E-state index < -0.39 is 14.7 Å². The van der Waals surface area contributed by atoms with Crippen molar-refractivity contribution in [1.29, 1.82) is 0 Å². The summed E-state index contributed by atoms with van der Waals surface area (Å²) in [6.07, 6.45) is 2.64. The van der Waals surface area contributed by atoms with Gasteiger partial charge in [0.05, 0.1) is 0 Å². The summed E-state index contributed by atoms with van der Waals surface area (Å²) < 4.78 is 0. The van der Waals surface area contributed by atoms with E-state index in [1.165, 1.54) is 28.6 Å². The number of rotatable bonds is 3. The van der Waals surface area contributed by atoms with Crippen LogP contribution in [0, 0.1) is 0 Å². The molecule has 14 heavy (non-hydrogen) atoms. The Bertz CT molecular complexity index is 342. The van der Waals surface area contributed by atoms with Gasteiger partial charge >= 0.3 is 94.2 Å². The van der Waals surface area contributed by atoms with Gasteiger partial charge in [0.15, 0.2) is 0 Å². The summed E-state index contributed by atoms with van der Waals surface area (Å²) in [5.41, 5.74) is 12.3. The van der Waals surface area contributed by atoms with Crippen LogP contribution >= 0.6 is 11.3 Å². The van der Waals surface area contributed by atoms with Gasteiger partial charge in [0.2, 0.25) is 0 Å². The Kier molecular flexibility index (Phi) is 2.65. The van der Waals surface area contributed by atoms with Crippen LogP contribution in [-0.4, -0.2) is 19.6 Å². The molecule has 0 aromatic carbocycles. The Balaban J connectivity index is 2.29. The van der Waals surface area contributed by atoms with Gasteiger partial charge in [0, 0.05) is 0 Å². The maximum atomic E-state index is 5.80. The zero-order valence-electron chi connectivity index (χ0n) is 9.00. The fourth-order valence-corrected chi connectivity index (χ4v) is 4.68. The molecular formula is C10H17AsN2S. The number of nitrogens with zero attached hydrogens (tertiary/aromatic N) is 1. The first-order valence-electron chi connectivity index (χ1n) is 4.92. The molecule has 2 rings (SSSR count). The Morgan fingerprint density at radius 1 is 1.50 bits per heavy atom. The van der Waals surface area contributed by atoms with Crippen LogP contribution in [0.4, 0.5) is 5.13 Å². The van der Waals surface area contributed by atoms with Gasteiger partial charge < -0.3 is 0 Å². The SMILES string of the molecule is C[As](C)Cc1nc(N)sc1C1(C)CC1. The van der Waals surface area contributed by atoms with Crippen LogP contribution in [0.15, 0.2) is 0 Å². The first-order chi connectivity index (χ1) is 6.51. The summed E-state index contributed by atoms with van der Waals surface area (Å²) in [4.78, 5) is 5.97. The molecule has 0 radical (unpaired) electrons. The summed E-state index contributed by atoms with van der Waals surface area (Å²) in [5, 5.41) is 1.98. The molecule has 1 aliphatic carbocycles. The molecule has 0 atom stereocenters. The number of hydrogen-bond acceptors (Lipinski definition) is 3. The molecule has 0 spiro atoms. The quantitative estimate of drug-likeness (QED) is 0.859. The number of thiazole rings is 1. The summed E-state index contributed by atoms with van der Waals surface area (Å²) in [6.45, 7) is 2.34. The van der Waals surface area contributed by atoms with E-state index in [0.29, 0.717) is 5.41 Å². The van der Waals surface area contributed by atoms with Crippen molar-refractivity contribution in [3.05, 3.63) is 10.6 Å². The van der Waals surface area contributed by atoms with E-state index in [9.17, 15) is 0 Å². The predicted molar refractivity (Wildman–Crippen MR) is 64.3 cm³/mol. The second-order valence-corrected chi connectivity index (χ2v) is 10.9. The minimum absolute atomic E-state index is 0.440. The van der Waals surface area contributed by atoms with E-state index in [2.05, 4.69) is 23.3 Å². The van der Waals surface area contributed by atoms with Crippen LogP contribution in [0.2, 0.25) is 11.4 Å². The van der Waals surface area contributed by atoms with Crippen molar-refractivity contribution in [3.8, 4) is 0 Å². The summed E-state index contributed by atoms with van der Waals surface area (Å²) in [5.74, 6) is 0. The van der Waals surface area contributed by atoms with Crippen molar-refractivity contribution < 1.29 is 0 Å². The average Bonchev–Trinajstić information content (AvgIpc) is 2.68. The normalized spacial score (nSPS) is 18.9. The molecule has 4 heteroatoms. The van der Waals surface area contributed by atoms with E-state index in [4.69, 9.17) is 5.73 Å². The average molecular weight is 272 g/mol. The maximum absolute atomic E-state index is 5.80. The van der Waals surface area contributed by atoms with Gasteiger partial charge in [-0.3, -0.25) is 0 Å². The van der Waals surface area contributed by atoms with Crippen LogP contribution < -0.4 is 5.73 Å². The molecular weight excluding hydrogens is 255 g/mol. The fourth-order valence-electron chi connectivity index (χ4n) is 1.66. The van der Waals surface area contributed by atoms with Gasteiger partial charge in [-0.1, -0.05) is 0 Å². The molecule has 2 N–H and O–H groups in total. The number of aromatic nitrogens is 1. The zero-order chi connectivity index (χ0) is 10.3. The molecule has 1 saturated carbocycles. The van der Waals surface area contributed by atoms with Gasteiger partial charge in [-0.15, -0.1) is 0 Å². The minimum atomic E-state index is -0.629. The molecule has 2 nitrogen and oxygen atoms in total. The van der Waals surface area contributed by atoms with Crippen molar-refractivity contribution in [2.45, 2.75) is 41.8 Å². The molecule has 0 saturated heterocycles. The number of anilines is 1. The van der Waals surface area contributed by atoms with Crippen molar-refractivity contribution >= 4 is 31.1 Å². The third-order valence-corrected chi connectivity index (χ3v) is 5.92. The van der Waals surface area contributed by atoms with Crippen molar-refractivity contribution in [2.75, 3.05) is 5.73 Å². The van der Waals surface area contributed by atoms with Crippen LogP contribution in [0.5, 0.6) is 0 Å². The van der Waals surface area contributed by atoms with E-state index in [1.54, 1.807) is 11.3 Å². The molecule has 1 aromatic heterocycles. The third-order valence-electron chi connectivity index (χ3n) is 2.73. The van der Waals surface area contributed by atoms with E-state index in [-0.39, 0.29) is 0 Å². The van der Waals surface area contributed by atoms with Crippen LogP contribution in [0.3, 0.4) is 0 Å². The van der Waals surface area contributed by atoms with E-state index in [0.717, 1.165) is 5.13 Å². The standard InChI is InChI=1S/C10H17AsN2S/c1-10(4-5-10)8-7(6-11(2)3)13-9(12)14-8/h4-6H2,1-3H3,(H2,12,13). The summed E-state index contributed by atoms with van der Waals surface area (Å²) in [6, 6.07) is 0. The van der Waals surface area contributed by atoms with Crippen molar-refractivity contribution in [3.63, 3.8) is 0 Å². The summed E-state index contributed by atoms with van der Waals surface area (Å²) >= 11 is 1.09. The Labute approximate surface area is 94.2 Å². The Morgan fingerprint density at radius 2 is 2.14 bits per heavy atom. The molecule has 1 aliphatic rings. The number of nitrogens with two attached hydrogens (primary N) is 1. The van der Waals surface area contributed by atoms with Gasteiger partial charge in [0.1, 0.15) is 0 Å². The van der Waals surface area contributed by atoms with Crippen LogP contribution in [0.25, 0.3) is 0 Å². The first-order valence-corrected chi connectivity index (χ1v) is 10.8. The Hall–Kier alpha value is -0.0116. The topological polar surface area (TPSA) is 38.9 Å². The molecule has 0 bridgehead atoms. The van der Waals surface area contributed by atoms with Gasteiger partial charge in [0.25, 0.3) is 0 Å². The monoisotopic (exact) mass is 272 g/mol. The van der Waals surface area contributed by atoms with Crippen LogP contribution in [-0.2, 0) is 10.6 Å². The molecule has 0 amide bonds. The van der Waals surface area contributed by atoms with Gasteiger partial charge in [-0.2, -0.15) is 0 Å². The molecule has 78 valence electrons. The van der Waals surface area contributed by atoms with E-state index >= 15 is 0 Å². The van der Waals surface area contributed by atoms with Gasteiger partial charge in [-0.25, -0.2) is 0 Å². The predicted octanol–water partition coefficient (Wildman–Crippen LogP) is 2.61. The summed E-state index contributed by atoms with van der Waals surface area (Å²) in [7, 11) is 0. The number of nitrogen functional groups attached to an aromatic ring is 1. The Morgan fingerprint density at radius 3 is 2.64 bits per heavy atom. The fraction of sp³-hybridized carbons (Fsp3) is 0.700. The molecule has 1 aromatic rings. The number of hydrogen-bond donors (Lipinski definition) is 1. The van der Waals surface area contributed by atoms with Crippen molar-refractivity contribution in [2.24, 2.45) is 0 Å². The van der Waals surface area contributed by atoms with Crippen LogP contribution in [0.1, 0.15) is 30.3 Å². The molecule has 1 fully saturated rings. The van der Waals surface area contributed by atoms with Crippen molar-refractivity contribution in [1.82, 2.24) is 4.98 Å². The molecule has 0 unspecified atom stereocenters. The van der Waals surface area contributed by atoms with E-state index in [1.807, 2.05) is 0 Å². The molecule has 1 heterocycles. The molecule has 0 aliphatic heterocycles. The van der Waals surface area contributed by atoms with Gasteiger partial charge in [-0.05, 0) is 0 Å². The zero-order valence-corrected chi connectivity index (χ0v) is 11.7. The third kappa shape index (κ3) is 1.99. The second kappa shape index (κ2) is 3.53. The second-order valence-electron chi connectivity index (χ2n) is 4.63. The first kappa shape index (κ1) is 10.5.